The molecule has 1 nitrogen and oxygen atoms in total. The number of likely N-dealkylation sites (N-methyl/N-ethyl adjacent to an activating group) is 1. The van der Waals surface area contributed by atoms with E-state index in [0.29, 0.717) is 12.0 Å². The molecule has 0 aromatic heterocycles. The summed E-state index contributed by atoms with van der Waals surface area (Å²) in [5, 5.41) is 3.07. The molecule has 21 heavy (non-hydrogen) atoms. The Morgan fingerprint density at radius 3 is 2.43 bits per heavy atom. The Kier molecular flexibility index (Phi) is 5.30. The second-order valence-electron chi connectivity index (χ2n) is 4.56. The molecule has 2 aromatic carbocycles. The molecule has 0 aliphatic heterocycles. The molecule has 0 saturated carbocycles. The van der Waals surface area contributed by atoms with E-state index in [9.17, 15) is 13.2 Å². The minimum atomic E-state index is -0.926. The Balaban J connectivity index is 2.32. The minimum absolute atomic E-state index is 0.0340. The molecule has 0 aliphatic rings. The first-order chi connectivity index (χ1) is 9.93. The quantitative estimate of drug-likeness (QED) is 0.736. The highest BCUT2D eigenvalue weighted by atomic mass is 79.9. The summed E-state index contributed by atoms with van der Waals surface area (Å²) >= 11 is 8.82. The Labute approximate surface area is 134 Å². The zero-order chi connectivity index (χ0) is 15.6. The van der Waals surface area contributed by atoms with Gasteiger partial charge in [-0.05, 0) is 58.7 Å². The van der Waals surface area contributed by atoms with Gasteiger partial charge in [0.1, 0.15) is 5.82 Å². The number of hydrogen-bond acceptors (Lipinski definition) is 1. The first-order valence-corrected chi connectivity index (χ1v) is 7.35. The van der Waals surface area contributed by atoms with Crippen molar-refractivity contribution in [2.45, 2.75) is 12.5 Å². The van der Waals surface area contributed by atoms with Gasteiger partial charge in [0.25, 0.3) is 0 Å². The summed E-state index contributed by atoms with van der Waals surface area (Å²) in [6.45, 7) is 0. The highest BCUT2D eigenvalue weighted by molar-refractivity contribution is 9.10. The van der Waals surface area contributed by atoms with Crippen LogP contribution in [0.15, 0.2) is 34.8 Å². The third-order valence-electron chi connectivity index (χ3n) is 3.21. The Morgan fingerprint density at radius 1 is 1.14 bits per heavy atom. The lowest BCUT2D eigenvalue weighted by atomic mass is 9.98. The molecular formula is C15H12BrClF3N. The number of rotatable bonds is 4. The van der Waals surface area contributed by atoms with Crippen LogP contribution in [0.25, 0.3) is 0 Å². The van der Waals surface area contributed by atoms with E-state index >= 15 is 0 Å². The number of halogens is 5. The fourth-order valence-corrected chi connectivity index (χ4v) is 2.88. The van der Waals surface area contributed by atoms with Crippen LogP contribution < -0.4 is 5.32 Å². The van der Waals surface area contributed by atoms with Crippen molar-refractivity contribution in [1.82, 2.24) is 5.32 Å². The maximum atomic E-state index is 13.6. The molecule has 1 atom stereocenters. The lowest BCUT2D eigenvalue weighted by Crippen LogP contribution is -2.20. The number of nitrogens with one attached hydrogen (secondary N) is 1. The summed E-state index contributed by atoms with van der Waals surface area (Å²) in [6, 6.07) is 6.74. The largest absolute Gasteiger partial charge is 0.313 e. The molecule has 2 rings (SSSR count). The Hall–Kier alpha value is -1.04. The van der Waals surface area contributed by atoms with E-state index in [-0.39, 0.29) is 15.5 Å². The maximum Gasteiger partial charge on any atom is 0.173 e. The van der Waals surface area contributed by atoms with Gasteiger partial charge in [0.15, 0.2) is 11.6 Å². The van der Waals surface area contributed by atoms with Crippen molar-refractivity contribution in [1.29, 1.82) is 0 Å². The standard InChI is InChI=1S/C15H12BrClF3N/c1-21-13(7-8-2-4-11(18)10(17)6-8)9-3-5-12(19)15(20)14(9)16/h2-6,13,21H,7H2,1H3. The third kappa shape index (κ3) is 3.59. The summed E-state index contributed by atoms with van der Waals surface area (Å²) in [6.07, 6.45) is 0.459. The highest BCUT2D eigenvalue weighted by Crippen LogP contribution is 2.30. The molecule has 1 unspecified atom stereocenters. The molecule has 0 spiro atoms. The van der Waals surface area contributed by atoms with Crippen LogP contribution in [0.4, 0.5) is 13.2 Å². The van der Waals surface area contributed by atoms with Crippen LogP contribution in [0.3, 0.4) is 0 Å². The number of benzene rings is 2. The van der Waals surface area contributed by atoms with Gasteiger partial charge in [0, 0.05) is 6.04 Å². The van der Waals surface area contributed by atoms with Crippen LogP contribution in [0.5, 0.6) is 0 Å². The molecule has 0 aliphatic carbocycles. The Bertz CT molecular complexity index is 664. The van der Waals surface area contributed by atoms with Crippen LogP contribution in [-0.2, 0) is 6.42 Å². The van der Waals surface area contributed by atoms with E-state index < -0.39 is 17.5 Å². The number of hydrogen-bond donors (Lipinski definition) is 1. The van der Waals surface area contributed by atoms with Gasteiger partial charge in [-0.15, -0.1) is 0 Å². The second kappa shape index (κ2) is 6.81. The van der Waals surface area contributed by atoms with Gasteiger partial charge in [-0.3, -0.25) is 0 Å². The van der Waals surface area contributed by atoms with Crippen molar-refractivity contribution >= 4 is 27.5 Å². The van der Waals surface area contributed by atoms with E-state index in [1.54, 1.807) is 13.1 Å². The molecule has 112 valence electrons. The molecule has 0 saturated heterocycles. The van der Waals surface area contributed by atoms with E-state index in [4.69, 9.17) is 11.6 Å². The first-order valence-electron chi connectivity index (χ1n) is 6.18. The van der Waals surface area contributed by atoms with Crippen molar-refractivity contribution in [2.24, 2.45) is 0 Å². The van der Waals surface area contributed by atoms with Gasteiger partial charge in [-0.1, -0.05) is 23.7 Å². The summed E-state index contributed by atoms with van der Waals surface area (Å²) in [4.78, 5) is 0. The predicted octanol–water partition coefficient (Wildman–Crippen LogP) is 5.02. The monoisotopic (exact) mass is 377 g/mol. The van der Waals surface area contributed by atoms with E-state index in [1.165, 1.54) is 18.2 Å². The first kappa shape index (κ1) is 16.3. The van der Waals surface area contributed by atoms with Crippen molar-refractivity contribution < 1.29 is 13.2 Å². The predicted molar refractivity (Wildman–Crippen MR) is 81.0 cm³/mol. The van der Waals surface area contributed by atoms with Gasteiger partial charge in [0.05, 0.1) is 9.50 Å². The molecule has 0 heterocycles. The third-order valence-corrected chi connectivity index (χ3v) is 4.31. The minimum Gasteiger partial charge on any atom is -0.313 e. The molecule has 6 heteroatoms. The average Bonchev–Trinajstić information content (AvgIpc) is 2.47. The molecule has 1 N–H and O–H groups in total. The topological polar surface area (TPSA) is 12.0 Å². The molecule has 2 aromatic rings. The van der Waals surface area contributed by atoms with Gasteiger partial charge < -0.3 is 5.32 Å². The van der Waals surface area contributed by atoms with Gasteiger partial charge >= 0.3 is 0 Å². The zero-order valence-corrected chi connectivity index (χ0v) is 13.4. The van der Waals surface area contributed by atoms with Crippen LogP contribution in [0, 0.1) is 17.5 Å². The van der Waals surface area contributed by atoms with E-state index in [2.05, 4.69) is 21.2 Å². The SMILES string of the molecule is CNC(Cc1ccc(F)c(Cl)c1)c1ccc(F)c(F)c1Br. The van der Waals surface area contributed by atoms with Crippen LogP contribution >= 0.6 is 27.5 Å². The fourth-order valence-electron chi connectivity index (χ4n) is 2.08. The van der Waals surface area contributed by atoms with Gasteiger partial charge in [0.2, 0.25) is 0 Å². The summed E-state index contributed by atoms with van der Waals surface area (Å²) in [7, 11) is 1.71. The highest BCUT2D eigenvalue weighted by Gasteiger charge is 2.18. The van der Waals surface area contributed by atoms with Crippen LogP contribution in [0.1, 0.15) is 17.2 Å². The lowest BCUT2D eigenvalue weighted by molar-refractivity contribution is 0.495. The van der Waals surface area contributed by atoms with Gasteiger partial charge in [-0.2, -0.15) is 0 Å². The average molecular weight is 379 g/mol. The lowest BCUT2D eigenvalue weighted by Gasteiger charge is -2.19. The van der Waals surface area contributed by atoms with E-state index in [1.807, 2.05) is 0 Å². The molecule has 0 bridgehead atoms. The fraction of sp³-hybridized carbons (Fsp3) is 0.200. The normalized spacial score (nSPS) is 12.5. The molecule has 0 fully saturated rings. The van der Waals surface area contributed by atoms with Crippen LogP contribution in [0.2, 0.25) is 5.02 Å². The summed E-state index contributed by atoms with van der Waals surface area (Å²) in [5.74, 6) is -2.33. The van der Waals surface area contributed by atoms with Crippen molar-refractivity contribution in [3.8, 4) is 0 Å². The maximum absolute atomic E-state index is 13.6. The molecular weight excluding hydrogens is 367 g/mol. The Morgan fingerprint density at radius 2 is 1.81 bits per heavy atom. The zero-order valence-electron chi connectivity index (χ0n) is 11.1. The second-order valence-corrected chi connectivity index (χ2v) is 5.76. The van der Waals surface area contributed by atoms with Crippen molar-refractivity contribution in [3.63, 3.8) is 0 Å². The van der Waals surface area contributed by atoms with Gasteiger partial charge in [-0.25, -0.2) is 13.2 Å². The van der Waals surface area contributed by atoms with Crippen LogP contribution in [-0.4, -0.2) is 7.05 Å². The van der Waals surface area contributed by atoms with E-state index in [0.717, 1.165) is 11.6 Å². The summed E-state index contributed by atoms with van der Waals surface area (Å²) in [5.41, 5.74) is 1.37. The smallest absolute Gasteiger partial charge is 0.173 e. The molecule has 0 radical (unpaired) electrons. The van der Waals surface area contributed by atoms with Crippen molar-refractivity contribution in [3.05, 3.63) is 68.4 Å². The summed E-state index contributed by atoms with van der Waals surface area (Å²) < 4.78 is 40.0. The molecule has 0 amide bonds. The van der Waals surface area contributed by atoms with Crippen molar-refractivity contribution in [2.75, 3.05) is 7.05 Å².